The number of halogens is 1. The van der Waals surface area contributed by atoms with Crippen LogP contribution in [0.3, 0.4) is 0 Å². The molecular formula is C11H14BrN3O. The Bertz CT molecular complexity index is 404. The van der Waals surface area contributed by atoms with Crippen LogP contribution in [0.25, 0.3) is 0 Å². The zero-order valence-electron chi connectivity index (χ0n) is 9.09. The van der Waals surface area contributed by atoms with Crippen molar-refractivity contribution in [1.82, 2.24) is 10.3 Å². The predicted molar refractivity (Wildman–Crippen MR) is 66.5 cm³/mol. The molecule has 4 nitrogen and oxygen atoms in total. The van der Waals surface area contributed by atoms with Crippen molar-refractivity contribution in [3.63, 3.8) is 0 Å². The number of pyridine rings is 1. The number of carbonyl (C=O) groups is 1. The highest BCUT2D eigenvalue weighted by atomic mass is 79.9. The van der Waals surface area contributed by atoms with Gasteiger partial charge in [0, 0.05) is 24.3 Å². The van der Waals surface area contributed by atoms with Crippen LogP contribution < -0.4 is 10.6 Å². The summed E-state index contributed by atoms with van der Waals surface area (Å²) in [4.78, 5) is 16.0. The monoisotopic (exact) mass is 283 g/mol. The van der Waals surface area contributed by atoms with Crippen molar-refractivity contribution in [2.75, 3.05) is 18.9 Å². The SMILES string of the molecule is CNc1ncc(Br)cc1C(=O)NCC1CC1. The van der Waals surface area contributed by atoms with Crippen LogP contribution in [0.2, 0.25) is 0 Å². The Hall–Kier alpha value is -1.10. The van der Waals surface area contributed by atoms with E-state index in [1.54, 1.807) is 19.3 Å². The molecule has 1 aromatic rings. The third-order valence-electron chi connectivity index (χ3n) is 2.58. The minimum atomic E-state index is -0.0648. The molecule has 1 amide bonds. The van der Waals surface area contributed by atoms with Gasteiger partial charge >= 0.3 is 0 Å². The van der Waals surface area contributed by atoms with Gasteiger partial charge in [0.15, 0.2) is 0 Å². The average Bonchev–Trinajstić information content (AvgIpc) is 3.09. The molecule has 0 bridgehead atoms. The molecule has 0 aliphatic heterocycles. The lowest BCUT2D eigenvalue weighted by molar-refractivity contribution is 0.0952. The quantitative estimate of drug-likeness (QED) is 0.889. The van der Waals surface area contributed by atoms with Gasteiger partial charge in [0.05, 0.1) is 5.56 Å². The zero-order valence-corrected chi connectivity index (χ0v) is 10.7. The van der Waals surface area contributed by atoms with E-state index in [-0.39, 0.29) is 5.91 Å². The van der Waals surface area contributed by atoms with Crippen molar-refractivity contribution in [1.29, 1.82) is 0 Å². The molecule has 0 saturated heterocycles. The molecular weight excluding hydrogens is 270 g/mol. The maximum absolute atomic E-state index is 11.9. The van der Waals surface area contributed by atoms with Crippen LogP contribution >= 0.6 is 15.9 Å². The largest absolute Gasteiger partial charge is 0.372 e. The first-order chi connectivity index (χ1) is 7.70. The van der Waals surface area contributed by atoms with Crippen LogP contribution in [0.15, 0.2) is 16.7 Å². The molecule has 0 aromatic carbocycles. The number of rotatable bonds is 4. The fourth-order valence-electron chi connectivity index (χ4n) is 1.47. The second-order valence-corrected chi connectivity index (χ2v) is 4.87. The summed E-state index contributed by atoms with van der Waals surface area (Å²) in [5.74, 6) is 1.23. The van der Waals surface area contributed by atoms with Crippen LogP contribution in [-0.2, 0) is 0 Å². The van der Waals surface area contributed by atoms with Gasteiger partial charge in [-0.15, -0.1) is 0 Å². The van der Waals surface area contributed by atoms with Crippen molar-refractivity contribution < 1.29 is 4.79 Å². The summed E-state index contributed by atoms with van der Waals surface area (Å²) in [6.07, 6.45) is 4.13. The van der Waals surface area contributed by atoms with E-state index in [0.29, 0.717) is 17.3 Å². The van der Waals surface area contributed by atoms with Crippen molar-refractivity contribution >= 4 is 27.7 Å². The number of hydrogen-bond donors (Lipinski definition) is 2. The fourth-order valence-corrected chi connectivity index (χ4v) is 1.80. The first-order valence-electron chi connectivity index (χ1n) is 5.32. The predicted octanol–water partition coefficient (Wildman–Crippen LogP) is 2.03. The van der Waals surface area contributed by atoms with Crippen molar-refractivity contribution in [2.24, 2.45) is 5.92 Å². The van der Waals surface area contributed by atoms with E-state index in [2.05, 4.69) is 31.5 Å². The van der Waals surface area contributed by atoms with E-state index in [1.807, 2.05) is 0 Å². The van der Waals surface area contributed by atoms with Gasteiger partial charge in [0.25, 0.3) is 5.91 Å². The van der Waals surface area contributed by atoms with Crippen molar-refractivity contribution in [3.05, 3.63) is 22.3 Å². The molecule has 1 aliphatic carbocycles. The molecule has 1 fully saturated rings. The lowest BCUT2D eigenvalue weighted by Crippen LogP contribution is -2.26. The van der Waals surface area contributed by atoms with E-state index in [1.165, 1.54) is 12.8 Å². The van der Waals surface area contributed by atoms with Gasteiger partial charge in [-0.1, -0.05) is 0 Å². The molecule has 0 atom stereocenters. The molecule has 1 aliphatic rings. The number of nitrogens with one attached hydrogen (secondary N) is 2. The van der Waals surface area contributed by atoms with Gasteiger partial charge in [-0.05, 0) is 40.8 Å². The molecule has 1 saturated carbocycles. The summed E-state index contributed by atoms with van der Waals surface area (Å²) >= 11 is 3.32. The molecule has 1 aromatic heterocycles. The topological polar surface area (TPSA) is 54.0 Å². The highest BCUT2D eigenvalue weighted by molar-refractivity contribution is 9.10. The first kappa shape index (κ1) is 11.4. The van der Waals surface area contributed by atoms with Crippen LogP contribution in [0, 0.1) is 5.92 Å². The fraction of sp³-hybridized carbons (Fsp3) is 0.455. The Balaban J connectivity index is 2.09. The maximum Gasteiger partial charge on any atom is 0.255 e. The van der Waals surface area contributed by atoms with E-state index in [9.17, 15) is 4.79 Å². The third-order valence-corrected chi connectivity index (χ3v) is 3.02. The first-order valence-corrected chi connectivity index (χ1v) is 6.11. The van der Waals surface area contributed by atoms with Crippen LogP contribution in [-0.4, -0.2) is 24.5 Å². The summed E-state index contributed by atoms with van der Waals surface area (Å²) < 4.78 is 0.808. The standard InChI is InChI=1S/C11H14BrN3O/c1-13-10-9(4-8(12)6-14-10)11(16)15-5-7-2-3-7/h4,6-7H,2-3,5H2,1H3,(H,13,14)(H,15,16). The average molecular weight is 284 g/mol. The van der Waals surface area contributed by atoms with Crippen LogP contribution in [0.5, 0.6) is 0 Å². The summed E-state index contributed by atoms with van der Waals surface area (Å²) in [5.41, 5.74) is 0.581. The summed E-state index contributed by atoms with van der Waals surface area (Å²) in [5, 5.41) is 5.84. The molecule has 0 unspecified atom stereocenters. The van der Waals surface area contributed by atoms with Crippen molar-refractivity contribution in [2.45, 2.75) is 12.8 Å². The van der Waals surface area contributed by atoms with Gasteiger partial charge in [0.2, 0.25) is 0 Å². The molecule has 0 spiro atoms. The molecule has 5 heteroatoms. The number of nitrogens with zero attached hydrogens (tertiary/aromatic N) is 1. The lowest BCUT2D eigenvalue weighted by Gasteiger charge is -2.08. The van der Waals surface area contributed by atoms with Crippen LogP contribution in [0.4, 0.5) is 5.82 Å². The van der Waals surface area contributed by atoms with Gasteiger partial charge in [-0.25, -0.2) is 4.98 Å². The van der Waals surface area contributed by atoms with Crippen molar-refractivity contribution in [3.8, 4) is 0 Å². The number of hydrogen-bond acceptors (Lipinski definition) is 3. The molecule has 0 radical (unpaired) electrons. The molecule has 2 N–H and O–H groups in total. The molecule has 1 heterocycles. The third kappa shape index (κ3) is 2.72. The number of carbonyl (C=O) groups excluding carboxylic acids is 1. The second-order valence-electron chi connectivity index (χ2n) is 3.95. The summed E-state index contributed by atoms with van der Waals surface area (Å²) in [6, 6.07) is 1.78. The number of aromatic nitrogens is 1. The van der Waals surface area contributed by atoms with E-state index >= 15 is 0 Å². The molecule has 86 valence electrons. The number of anilines is 1. The molecule has 2 rings (SSSR count). The smallest absolute Gasteiger partial charge is 0.255 e. The lowest BCUT2D eigenvalue weighted by atomic mass is 10.2. The normalized spacial score (nSPS) is 14.6. The zero-order chi connectivity index (χ0) is 11.5. The van der Waals surface area contributed by atoms with Gasteiger partial charge in [-0.2, -0.15) is 0 Å². The van der Waals surface area contributed by atoms with Gasteiger partial charge in [0.1, 0.15) is 5.82 Å². The Morgan fingerprint density at radius 3 is 3.00 bits per heavy atom. The van der Waals surface area contributed by atoms with Crippen LogP contribution in [0.1, 0.15) is 23.2 Å². The minimum absolute atomic E-state index is 0.0648. The highest BCUT2D eigenvalue weighted by Crippen LogP contribution is 2.27. The number of amides is 1. The van der Waals surface area contributed by atoms with Gasteiger partial charge in [-0.3, -0.25) is 4.79 Å². The van der Waals surface area contributed by atoms with E-state index in [4.69, 9.17) is 0 Å². The summed E-state index contributed by atoms with van der Waals surface area (Å²) in [6.45, 7) is 0.772. The summed E-state index contributed by atoms with van der Waals surface area (Å²) in [7, 11) is 1.76. The maximum atomic E-state index is 11.9. The Morgan fingerprint density at radius 2 is 2.38 bits per heavy atom. The minimum Gasteiger partial charge on any atom is -0.372 e. The van der Waals surface area contributed by atoms with E-state index < -0.39 is 0 Å². The van der Waals surface area contributed by atoms with Gasteiger partial charge < -0.3 is 10.6 Å². The second kappa shape index (κ2) is 4.82. The Morgan fingerprint density at radius 1 is 1.62 bits per heavy atom. The van der Waals surface area contributed by atoms with E-state index in [0.717, 1.165) is 11.0 Å². The molecule has 16 heavy (non-hydrogen) atoms. The highest BCUT2D eigenvalue weighted by Gasteiger charge is 2.22. The Labute approximate surface area is 103 Å². The Kier molecular flexibility index (Phi) is 3.43.